The quantitative estimate of drug-likeness (QED) is 0.830. The molecule has 1 amide bonds. The molecule has 1 N–H and O–H groups in total. The van der Waals surface area contributed by atoms with Crippen LogP contribution in [-0.4, -0.2) is 18.2 Å². The van der Waals surface area contributed by atoms with E-state index in [9.17, 15) is 4.79 Å². The van der Waals surface area contributed by atoms with Gasteiger partial charge in [-0.25, -0.2) is 5.43 Å². The summed E-state index contributed by atoms with van der Waals surface area (Å²) >= 11 is 0. The minimum Gasteiger partial charge on any atom is -0.484 e. The molecule has 2 rings (SSSR count). The van der Waals surface area contributed by atoms with Crippen molar-refractivity contribution < 1.29 is 9.53 Å². The highest BCUT2D eigenvalue weighted by molar-refractivity contribution is 5.87. The molecule has 0 aromatic heterocycles. The third kappa shape index (κ3) is 4.20. The number of nitrogens with zero attached hydrogens (tertiary/aromatic N) is 1. The lowest BCUT2D eigenvalue weighted by Gasteiger charge is -2.12. The van der Waals surface area contributed by atoms with E-state index < -0.39 is 0 Å². The van der Waals surface area contributed by atoms with Crippen molar-refractivity contribution in [2.45, 2.75) is 32.1 Å². The van der Waals surface area contributed by atoms with Crippen molar-refractivity contribution in [1.29, 1.82) is 0 Å². The van der Waals surface area contributed by atoms with Gasteiger partial charge in [0.05, 0.1) is 0 Å². The van der Waals surface area contributed by atoms with Crippen molar-refractivity contribution in [2.75, 3.05) is 6.61 Å². The van der Waals surface area contributed by atoms with Crippen LogP contribution < -0.4 is 10.2 Å². The first kappa shape index (κ1) is 12.6. The summed E-state index contributed by atoms with van der Waals surface area (Å²) in [5.74, 6) is 0.481. The van der Waals surface area contributed by atoms with Crippen molar-refractivity contribution in [1.82, 2.24) is 5.43 Å². The number of rotatable bonds is 4. The summed E-state index contributed by atoms with van der Waals surface area (Å²) in [4.78, 5) is 11.5. The molecule has 1 aromatic rings. The maximum Gasteiger partial charge on any atom is 0.277 e. The fourth-order valence-corrected chi connectivity index (χ4v) is 1.91. The van der Waals surface area contributed by atoms with E-state index in [1.54, 1.807) is 0 Å². The molecule has 1 aliphatic carbocycles. The van der Waals surface area contributed by atoms with Gasteiger partial charge in [0.2, 0.25) is 0 Å². The predicted octanol–water partition coefficient (Wildman–Crippen LogP) is 2.50. The minimum absolute atomic E-state index is 0.000787. The summed E-state index contributed by atoms with van der Waals surface area (Å²) in [5.41, 5.74) is 3.64. The van der Waals surface area contributed by atoms with Crippen LogP contribution in [0.15, 0.2) is 35.4 Å². The maximum atomic E-state index is 11.5. The summed E-state index contributed by atoms with van der Waals surface area (Å²) in [5, 5.41) is 4.13. The molecule has 96 valence electrons. The van der Waals surface area contributed by atoms with Gasteiger partial charge in [-0.05, 0) is 37.8 Å². The van der Waals surface area contributed by atoms with E-state index >= 15 is 0 Å². The van der Waals surface area contributed by atoms with Crippen molar-refractivity contribution in [3.63, 3.8) is 0 Å². The number of hydrogen-bond acceptors (Lipinski definition) is 3. The Morgan fingerprint density at radius 3 is 2.61 bits per heavy atom. The topological polar surface area (TPSA) is 50.7 Å². The predicted molar refractivity (Wildman–Crippen MR) is 70.6 cm³/mol. The Hall–Kier alpha value is -1.84. The van der Waals surface area contributed by atoms with E-state index in [1.807, 2.05) is 30.3 Å². The molecule has 0 atom stereocenters. The highest BCUT2D eigenvalue weighted by Crippen LogP contribution is 2.14. The second-order valence-electron chi connectivity index (χ2n) is 4.38. The lowest BCUT2D eigenvalue weighted by molar-refractivity contribution is -0.123. The van der Waals surface area contributed by atoms with Crippen LogP contribution in [-0.2, 0) is 4.79 Å². The van der Waals surface area contributed by atoms with E-state index in [1.165, 1.54) is 19.3 Å². The highest BCUT2D eigenvalue weighted by atomic mass is 16.5. The molecule has 0 heterocycles. The standard InChI is InChI=1S/C14H18N2O2/c17-14(11-18-13-9-5-2-6-10-13)16-15-12-7-3-1-4-8-12/h2,5-6,9-10H,1,3-4,7-8,11H2,(H,16,17). The SMILES string of the molecule is O=C(COc1ccccc1)NN=C1CCCCC1. The van der Waals surface area contributed by atoms with E-state index in [0.29, 0.717) is 5.75 Å². The smallest absolute Gasteiger partial charge is 0.277 e. The number of carbonyl (C=O) groups excluding carboxylic acids is 1. The molecule has 0 spiro atoms. The highest BCUT2D eigenvalue weighted by Gasteiger charge is 2.07. The molecular weight excluding hydrogens is 228 g/mol. The zero-order valence-electron chi connectivity index (χ0n) is 10.4. The second kappa shape index (κ2) is 6.79. The zero-order valence-corrected chi connectivity index (χ0v) is 10.4. The number of nitrogens with one attached hydrogen (secondary N) is 1. The largest absolute Gasteiger partial charge is 0.484 e. The van der Waals surface area contributed by atoms with Gasteiger partial charge in [-0.15, -0.1) is 0 Å². The average Bonchev–Trinajstić information content (AvgIpc) is 2.45. The van der Waals surface area contributed by atoms with Gasteiger partial charge >= 0.3 is 0 Å². The Kier molecular flexibility index (Phi) is 4.76. The Balaban J connectivity index is 1.72. The first-order valence-corrected chi connectivity index (χ1v) is 6.37. The number of benzene rings is 1. The van der Waals surface area contributed by atoms with Crippen LogP contribution in [0, 0.1) is 0 Å². The van der Waals surface area contributed by atoms with Crippen LogP contribution in [0.4, 0.5) is 0 Å². The van der Waals surface area contributed by atoms with E-state index in [2.05, 4.69) is 10.5 Å². The third-order valence-electron chi connectivity index (χ3n) is 2.88. The zero-order chi connectivity index (χ0) is 12.6. The summed E-state index contributed by atoms with van der Waals surface area (Å²) in [7, 11) is 0. The summed E-state index contributed by atoms with van der Waals surface area (Å²) < 4.78 is 5.33. The lowest BCUT2D eigenvalue weighted by atomic mass is 9.99. The normalized spacial score (nSPS) is 15.0. The number of carbonyl (C=O) groups is 1. The molecule has 1 aromatic carbocycles. The van der Waals surface area contributed by atoms with Crippen LogP contribution in [0.3, 0.4) is 0 Å². The maximum absolute atomic E-state index is 11.5. The molecule has 1 aliphatic rings. The van der Waals surface area contributed by atoms with E-state index in [0.717, 1.165) is 18.6 Å². The molecule has 1 fully saturated rings. The monoisotopic (exact) mass is 246 g/mol. The molecule has 1 saturated carbocycles. The summed E-state index contributed by atoms with van der Waals surface area (Å²) in [6.07, 6.45) is 5.62. The number of ether oxygens (including phenoxy) is 1. The number of hydrogen-bond donors (Lipinski definition) is 1. The molecule has 0 saturated heterocycles. The van der Waals surface area contributed by atoms with Crippen LogP contribution in [0.5, 0.6) is 5.75 Å². The molecule has 0 radical (unpaired) electrons. The van der Waals surface area contributed by atoms with Crippen LogP contribution in [0.25, 0.3) is 0 Å². The van der Waals surface area contributed by atoms with Crippen LogP contribution in [0.1, 0.15) is 32.1 Å². The Labute approximate surface area is 107 Å². The Morgan fingerprint density at radius 2 is 1.89 bits per heavy atom. The van der Waals surface area contributed by atoms with Crippen molar-refractivity contribution in [3.05, 3.63) is 30.3 Å². The van der Waals surface area contributed by atoms with Gasteiger partial charge in [0.15, 0.2) is 6.61 Å². The molecule has 18 heavy (non-hydrogen) atoms. The van der Waals surface area contributed by atoms with Gasteiger partial charge < -0.3 is 4.74 Å². The number of amides is 1. The first-order valence-electron chi connectivity index (χ1n) is 6.37. The van der Waals surface area contributed by atoms with Crippen molar-refractivity contribution >= 4 is 11.6 Å². The molecular formula is C14H18N2O2. The van der Waals surface area contributed by atoms with E-state index in [-0.39, 0.29) is 12.5 Å². The molecule has 4 nitrogen and oxygen atoms in total. The number of hydrazone groups is 1. The van der Waals surface area contributed by atoms with Crippen LogP contribution >= 0.6 is 0 Å². The molecule has 0 bridgehead atoms. The molecule has 0 unspecified atom stereocenters. The number of para-hydroxylation sites is 1. The minimum atomic E-state index is -0.211. The fourth-order valence-electron chi connectivity index (χ4n) is 1.91. The molecule has 4 heteroatoms. The van der Waals surface area contributed by atoms with Gasteiger partial charge in [0, 0.05) is 5.71 Å². The van der Waals surface area contributed by atoms with Crippen LogP contribution in [0.2, 0.25) is 0 Å². The van der Waals surface area contributed by atoms with Crippen molar-refractivity contribution in [2.24, 2.45) is 5.10 Å². The van der Waals surface area contributed by atoms with E-state index in [4.69, 9.17) is 4.74 Å². The average molecular weight is 246 g/mol. The summed E-state index contributed by atoms with van der Waals surface area (Å²) in [6, 6.07) is 9.29. The fraction of sp³-hybridized carbons (Fsp3) is 0.429. The molecule has 0 aliphatic heterocycles. The van der Waals surface area contributed by atoms with Gasteiger partial charge in [-0.1, -0.05) is 24.6 Å². The Morgan fingerprint density at radius 1 is 1.17 bits per heavy atom. The third-order valence-corrected chi connectivity index (χ3v) is 2.88. The lowest BCUT2D eigenvalue weighted by Crippen LogP contribution is -2.26. The second-order valence-corrected chi connectivity index (χ2v) is 4.38. The van der Waals surface area contributed by atoms with Gasteiger partial charge in [-0.3, -0.25) is 4.79 Å². The summed E-state index contributed by atoms with van der Waals surface area (Å²) in [6.45, 7) is 0.000787. The van der Waals surface area contributed by atoms with Gasteiger partial charge in [0.1, 0.15) is 5.75 Å². The van der Waals surface area contributed by atoms with Crippen molar-refractivity contribution in [3.8, 4) is 5.75 Å². The van der Waals surface area contributed by atoms with Gasteiger partial charge in [-0.2, -0.15) is 5.10 Å². The first-order chi connectivity index (χ1) is 8.84. The van der Waals surface area contributed by atoms with Gasteiger partial charge in [0.25, 0.3) is 5.91 Å². The Bertz CT molecular complexity index is 407.